The number of nitrogens with one attached hydrogen (secondary N) is 2. The van der Waals surface area contributed by atoms with Crippen molar-refractivity contribution in [2.45, 2.75) is 25.7 Å². The molecule has 1 amide bonds. The number of halogens is 3. The third-order valence-corrected chi connectivity index (χ3v) is 4.38. The van der Waals surface area contributed by atoms with Crippen molar-refractivity contribution < 1.29 is 22.7 Å². The number of amides is 1. The van der Waals surface area contributed by atoms with Gasteiger partial charge in [0.25, 0.3) is 0 Å². The van der Waals surface area contributed by atoms with Gasteiger partial charge in [-0.05, 0) is 36.2 Å². The van der Waals surface area contributed by atoms with E-state index in [2.05, 4.69) is 25.7 Å². The molecule has 0 spiro atoms. The first-order valence-electron chi connectivity index (χ1n) is 9.02. The highest BCUT2D eigenvalue weighted by molar-refractivity contribution is 5.70. The Hall–Kier alpha value is -3.63. The lowest BCUT2D eigenvalue weighted by Crippen LogP contribution is -2.20. The van der Waals surface area contributed by atoms with Gasteiger partial charge in [0.05, 0.1) is 19.3 Å². The van der Waals surface area contributed by atoms with Crippen LogP contribution in [-0.2, 0) is 17.5 Å². The van der Waals surface area contributed by atoms with Crippen LogP contribution in [0, 0.1) is 6.92 Å². The summed E-state index contributed by atoms with van der Waals surface area (Å²) >= 11 is 0. The molecule has 0 unspecified atom stereocenters. The van der Waals surface area contributed by atoms with Gasteiger partial charge >= 0.3 is 12.3 Å². The van der Waals surface area contributed by atoms with E-state index < -0.39 is 18.0 Å². The second-order valence-corrected chi connectivity index (χ2v) is 6.84. The monoisotopic (exact) mass is 418 g/mol. The number of carbonyl (C=O) groups excluding carboxylic acids is 1. The van der Waals surface area contributed by atoms with Gasteiger partial charge in [0.15, 0.2) is 0 Å². The molecule has 0 radical (unpaired) electrons. The van der Waals surface area contributed by atoms with Crippen molar-refractivity contribution in [3.63, 3.8) is 0 Å². The van der Waals surface area contributed by atoms with Crippen LogP contribution in [0.15, 0.2) is 42.9 Å². The van der Waals surface area contributed by atoms with Crippen LogP contribution in [0.2, 0.25) is 0 Å². The Kier molecular flexibility index (Phi) is 5.02. The Morgan fingerprint density at radius 2 is 2.13 bits per heavy atom. The number of cyclic esters (lactones) is 1. The van der Waals surface area contributed by atoms with E-state index in [1.165, 1.54) is 0 Å². The maximum absolute atomic E-state index is 12.9. The summed E-state index contributed by atoms with van der Waals surface area (Å²) in [6, 6.07) is 6.30. The van der Waals surface area contributed by atoms with Gasteiger partial charge in [0, 0.05) is 23.6 Å². The van der Waals surface area contributed by atoms with Crippen molar-refractivity contribution in [1.29, 1.82) is 0 Å². The van der Waals surface area contributed by atoms with Crippen LogP contribution in [0.25, 0.3) is 11.1 Å². The van der Waals surface area contributed by atoms with Gasteiger partial charge in [0.1, 0.15) is 11.8 Å². The highest BCUT2D eigenvalue weighted by Crippen LogP contribution is 2.29. The Labute approximate surface area is 169 Å². The Morgan fingerprint density at radius 3 is 2.87 bits per heavy atom. The topological polar surface area (TPSA) is 94.0 Å². The van der Waals surface area contributed by atoms with Crippen LogP contribution in [0.5, 0.6) is 0 Å². The summed E-state index contributed by atoms with van der Waals surface area (Å²) in [6.07, 6.45) is -0.746. The van der Waals surface area contributed by atoms with Crippen molar-refractivity contribution in [2.75, 3.05) is 11.9 Å². The van der Waals surface area contributed by atoms with Crippen LogP contribution >= 0.6 is 0 Å². The van der Waals surface area contributed by atoms with Crippen LogP contribution in [0.4, 0.5) is 29.6 Å². The number of hydrogen-bond acceptors (Lipinski definition) is 6. The molecule has 4 rings (SSSR count). The van der Waals surface area contributed by atoms with Gasteiger partial charge < -0.3 is 15.4 Å². The van der Waals surface area contributed by atoms with Gasteiger partial charge in [0.2, 0.25) is 5.95 Å². The molecule has 1 saturated heterocycles. The molecule has 1 aromatic carbocycles. The van der Waals surface area contributed by atoms with E-state index in [4.69, 9.17) is 4.74 Å². The standard InChI is InChI=1S/C19H17F3N6O2/c1-11-4-12(13-7-25-28(9-13)10-15-8-24-18(29)30-15)6-14(5-11)26-17-23-3-2-16(27-17)19(20,21)22/h2-7,9,15H,8,10H2,1H3,(H,24,29)(H,23,26,27)/t15-/m0/s1. The van der Waals surface area contributed by atoms with Crippen molar-refractivity contribution >= 4 is 17.7 Å². The fourth-order valence-electron chi connectivity index (χ4n) is 3.08. The summed E-state index contributed by atoms with van der Waals surface area (Å²) in [5, 5.41) is 9.70. The molecule has 0 bridgehead atoms. The molecule has 1 aliphatic rings. The number of aryl methyl sites for hydroxylation is 1. The van der Waals surface area contributed by atoms with Gasteiger partial charge in [-0.25, -0.2) is 14.8 Å². The normalized spacial score (nSPS) is 16.3. The third-order valence-electron chi connectivity index (χ3n) is 4.38. The van der Waals surface area contributed by atoms with Crippen LogP contribution in [0.1, 0.15) is 11.3 Å². The molecule has 0 saturated carbocycles. The molecule has 1 aliphatic heterocycles. The predicted octanol–water partition coefficient (Wildman–Crippen LogP) is 3.52. The summed E-state index contributed by atoms with van der Waals surface area (Å²) in [4.78, 5) is 18.5. The van der Waals surface area contributed by atoms with Crippen molar-refractivity contribution in [3.05, 3.63) is 54.1 Å². The van der Waals surface area contributed by atoms with E-state index >= 15 is 0 Å². The average molecular weight is 418 g/mol. The van der Waals surface area contributed by atoms with Gasteiger partial charge in [-0.3, -0.25) is 4.68 Å². The molecule has 3 aromatic rings. The zero-order valence-corrected chi connectivity index (χ0v) is 15.8. The van der Waals surface area contributed by atoms with Gasteiger partial charge in [-0.1, -0.05) is 6.07 Å². The number of ether oxygens (including phenoxy) is 1. The summed E-state index contributed by atoms with van der Waals surface area (Å²) in [7, 11) is 0. The SMILES string of the molecule is Cc1cc(Nc2nccc(C(F)(F)F)n2)cc(-c2cnn(C[C@@H]3CNC(=O)O3)c2)c1. The summed E-state index contributed by atoms with van der Waals surface area (Å²) in [5.41, 5.74) is 2.05. The van der Waals surface area contributed by atoms with Crippen molar-refractivity contribution in [1.82, 2.24) is 25.1 Å². The second-order valence-electron chi connectivity index (χ2n) is 6.84. The summed E-state index contributed by atoms with van der Waals surface area (Å²) in [6.45, 7) is 2.70. The van der Waals surface area contributed by atoms with E-state index in [0.717, 1.165) is 29.0 Å². The third kappa shape index (κ3) is 4.50. The molecule has 2 N–H and O–H groups in total. The Balaban J connectivity index is 1.53. The molecule has 156 valence electrons. The highest BCUT2D eigenvalue weighted by Gasteiger charge is 2.32. The number of nitrogens with zero attached hydrogens (tertiary/aromatic N) is 4. The zero-order chi connectivity index (χ0) is 21.3. The summed E-state index contributed by atoms with van der Waals surface area (Å²) in [5.74, 6) is -0.146. The number of anilines is 2. The minimum absolute atomic E-state index is 0.146. The Morgan fingerprint density at radius 1 is 1.30 bits per heavy atom. The number of alkyl carbamates (subject to hydrolysis) is 1. The smallest absolute Gasteiger partial charge is 0.433 e. The molecule has 1 atom stereocenters. The number of benzene rings is 1. The van der Waals surface area contributed by atoms with E-state index in [9.17, 15) is 18.0 Å². The maximum Gasteiger partial charge on any atom is 0.433 e. The molecule has 1 fully saturated rings. The highest BCUT2D eigenvalue weighted by atomic mass is 19.4. The number of hydrogen-bond donors (Lipinski definition) is 2. The van der Waals surface area contributed by atoms with Crippen molar-refractivity contribution in [3.8, 4) is 11.1 Å². The fourth-order valence-corrected chi connectivity index (χ4v) is 3.08. The number of rotatable bonds is 5. The first-order valence-corrected chi connectivity index (χ1v) is 9.02. The molecule has 8 nitrogen and oxygen atoms in total. The minimum Gasteiger partial charge on any atom is -0.442 e. The number of aromatic nitrogens is 4. The molecule has 3 heterocycles. The lowest BCUT2D eigenvalue weighted by Gasteiger charge is -2.10. The maximum atomic E-state index is 12.9. The predicted molar refractivity (Wildman–Crippen MR) is 101 cm³/mol. The van der Waals surface area contributed by atoms with Gasteiger partial charge in [-0.2, -0.15) is 18.3 Å². The molecule has 0 aliphatic carbocycles. The minimum atomic E-state index is -4.55. The van der Waals surface area contributed by atoms with Gasteiger partial charge in [-0.15, -0.1) is 0 Å². The van der Waals surface area contributed by atoms with E-state index in [1.54, 1.807) is 23.0 Å². The lowest BCUT2D eigenvalue weighted by atomic mass is 10.1. The molecule has 2 aromatic heterocycles. The largest absolute Gasteiger partial charge is 0.442 e. The molecule has 11 heteroatoms. The fraction of sp³-hybridized carbons (Fsp3) is 0.263. The summed E-state index contributed by atoms with van der Waals surface area (Å²) < 4.78 is 45.4. The number of alkyl halides is 3. The molecular weight excluding hydrogens is 401 g/mol. The van der Waals surface area contributed by atoms with E-state index in [0.29, 0.717) is 18.8 Å². The average Bonchev–Trinajstić information content (AvgIpc) is 3.30. The second kappa shape index (κ2) is 7.65. The van der Waals surface area contributed by atoms with Crippen LogP contribution < -0.4 is 10.6 Å². The zero-order valence-electron chi connectivity index (χ0n) is 15.8. The molecular formula is C19H17F3N6O2. The van der Waals surface area contributed by atoms with Crippen molar-refractivity contribution in [2.24, 2.45) is 0 Å². The first-order chi connectivity index (χ1) is 14.3. The quantitative estimate of drug-likeness (QED) is 0.659. The van der Waals surface area contributed by atoms with E-state index in [1.807, 2.05) is 19.2 Å². The lowest BCUT2D eigenvalue weighted by molar-refractivity contribution is -0.141. The number of carbonyl (C=O) groups is 1. The first kappa shape index (κ1) is 19.7. The Bertz CT molecular complexity index is 1080. The molecule has 30 heavy (non-hydrogen) atoms. The van der Waals surface area contributed by atoms with Crippen LogP contribution in [0.3, 0.4) is 0 Å². The van der Waals surface area contributed by atoms with Crippen LogP contribution in [-0.4, -0.2) is 38.5 Å². The van der Waals surface area contributed by atoms with E-state index in [-0.39, 0.29) is 12.1 Å².